The van der Waals surface area contributed by atoms with Gasteiger partial charge >= 0.3 is 0 Å². The summed E-state index contributed by atoms with van der Waals surface area (Å²) in [6, 6.07) is 15.5. The van der Waals surface area contributed by atoms with Gasteiger partial charge in [-0.15, -0.1) is 0 Å². The number of nitrogens with one attached hydrogen (secondary N) is 1. The Kier molecular flexibility index (Phi) is 7.04. The summed E-state index contributed by atoms with van der Waals surface area (Å²) in [5.41, 5.74) is 2.91. The summed E-state index contributed by atoms with van der Waals surface area (Å²) < 4.78 is 19.3. The van der Waals surface area contributed by atoms with E-state index in [-0.39, 0.29) is 5.82 Å². The molecule has 0 aliphatic heterocycles. The molecule has 0 heterocycles. The molecule has 0 spiro atoms. The first kappa shape index (κ1) is 17.4. The van der Waals surface area contributed by atoms with Gasteiger partial charge in [0.25, 0.3) is 0 Å². The van der Waals surface area contributed by atoms with Crippen LogP contribution in [0.4, 0.5) is 10.1 Å². The minimum Gasteiger partial charge on any atom is -0.383 e. The Labute approximate surface area is 138 Å². The summed E-state index contributed by atoms with van der Waals surface area (Å²) in [4.78, 5) is 2.06. The number of halogens is 1. The molecule has 0 saturated carbocycles. The van der Waals surface area contributed by atoms with Crippen LogP contribution in [0.25, 0.3) is 0 Å². The fourth-order valence-electron chi connectivity index (χ4n) is 2.49. The Morgan fingerprint density at radius 2 is 1.87 bits per heavy atom. The Bertz CT molecular complexity index is 589. The van der Waals surface area contributed by atoms with Crippen LogP contribution in [0.2, 0.25) is 0 Å². The quantitative estimate of drug-likeness (QED) is 0.716. The van der Waals surface area contributed by atoms with Crippen molar-refractivity contribution in [3.63, 3.8) is 0 Å². The van der Waals surface area contributed by atoms with Gasteiger partial charge in [0.15, 0.2) is 0 Å². The average Bonchev–Trinajstić information content (AvgIpc) is 2.59. The molecule has 1 N–H and O–H groups in total. The first-order valence-electron chi connectivity index (χ1n) is 8.01. The predicted molar refractivity (Wildman–Crippen MR) is 93.1 cm³/mol. The second kappa shape index (κ2) is 9.28. The summed E-state index contributed by atoms with van der Waals surface area (Å²) in [5.74, 6) is -0.177. The van der Waals surface area contributed by atoms with Crippen molar-refractivity contribution in [3.05, 3.63) is 65.5 Å². The Morgan fingerprint density at radius 1 is 1.09 bits per heavy atom. The van der Waals surface area contributed by atoms with E-state index in [1.807, 2.05) is 37.3 Å². The normalized spacial score (nSPS) is 10.7. The molecule has 0 saturated heterocycles. The maximum atomic E-state index is 14.3. The fourth-order valence-corrected chi connectivity index (χ4v) is 2.49. The predicted octanol–water partition coefficient (Wildman–Crippen LogP) is 3.59. The van der Waals surface area contributed by atoms with E-state index >= 15 is 0 Å². The minimum absolute atomic E-state index is 0.177. The van der Waals surface area contributed by atoms with Crippen LogP contribution in [0.15, 0.2) is 48.5 Å². The highest BCUT2D eigenvalue weighted by Crippen LogP contribution is 2.23. The van der Waals surface area contributed by atoms with Gasteiger partial charge in [0.1, 0.15) is 5.82 Å². The van der Waals surface area contributed by atoms with Gasteiger partial charge in [-0.05, 0) is 30.2 Å². The van der Waals surface area contributed by atoms with Crippen LogP contribution < -0.4 is 10.2 Å². The third kappa shape index (κ3) is 5.34. The molecular formula is C19H25FN2O. The van der Waals surface area contributed by atoms with Gasteiger partial charge in [0.2, 0.25) is 0 Å². The van der Waals surface area contributed by atoms with Crippen molar-refractivity contribution in [2.45, 2.75) is 20.0 Å². The number of ether oxygens (including phenoxy) is 1. The molecule has 0 aliphatic rings. The average molecular weight is 316 g/mol. The van der Waals surface area contributed by atoms with E-state index in [0.29, 0.717) is 25.4 Å². The lowest BCUT2D eigenvalue weighted by Gasteiger charge is -2.24. The van der Waals surface area contributed by atoms with Gasteiger partial charge in [0.05, 0.1) is 12.3 Å². The van der Waals surface area contributed by atoms with E-state index in [0.717, 1.165) is 18.7 Å². The lowest BCUT2D eigenvalue weighted by molar-refractivity contribution is 0.199. The van der Waals surface area contributed by atoms with E-state index in [2.05, 4.69) is 22.3 Å². The highest BCUT2D eigenvalue weighted by atomic mass is 19.1. The third-order valence-corrected chi connectivity index (χ3v) is 3.76. The number of hydrogen-bond acceptors (Lipinski definition) is 3. The monoisotopic (exact) mass is 316 g/mol. The maximum Gasteiger partial charge on any atom is 0.146 e. The van der Waals surface area contributed by atoms with E-state index in [1.54, 1.807) is 13.2 Å². The van der Waals surface area contributed by atoms with Crippen molar-refractivity contribution < 1.29 is 9.13 Å². The first-order valence-corrected chi connectivity index (χ1v) is 8.01. The highest BCUT2D eigenvalue weighted by Gasteiger charge is 2.11. The van der Waals surface area contributed by atoms with Gasteiger partial charge < -0.3 is 15.0 Å². The first-order chi connectivity index (χ1) is 11.2. The summed E-state index contributed by atoms with van der Waals surface area (Å²) in [6.07, 6.45) is 0. The van der Waals surface area contributed by atoms with Crippen molar-refractivity contribution in [3.8, 4) is 0 Å². The van der Waals surface area contributed by atoms with Gasteiger partial charge in [0, 0.05) is 33.3 Å². The number of rotatable bonds is 9. The van der Waals surface area contributed by atoms with Crippen LogP contribution in [0.3, 0.4) is 0 Å². The van der Waals surface area contributed by atoms with Crippen LogP contribution >= 0.6 is 0 Å². The van der Waals surface area contributed by atoms with Crippen LogP contribution in [-0.2, 0) is 17.8 Å². The third-order valence-electron chi connectivity index (χ3n) is 3.76. The zero-order valence-corrected chi connectivity index (χ0v) is 13.9. The molecule has 0 aromatic heterocycles. The molecule has 4 heteroatoms. The molecule has 0 unspecified atom stereocenters. The fraction of sp³-hybridized carbons (Fsp3) is 0.368. The van der Waals surface area contributed by atoms with Crippen LogP contribution in [0.5, 0.6) is 0 Å². The molecule has 0 bridgehead atoms. The second-order valence-corrected chi connectivity index (χ2v) is 5.46. The van der Waals surface area contributed by atoms with Gasteiger partial charge in [-0.3, -0.25) is 0 Å². The van der Waals surface area contributed by atoms with Crippen molar-refractivity contribution in [1.82, 2.24) is 5.32 Å². The molecule has 2 rings (SSSR count). The van der Waals surface area contributed by atoms with Crippen LogP contribution in [0.1, 0.15) is 18.1 Å². The van der Waals surface area contributed by atoms with Crippen LogP contribution in [-0.4, -0.2) is 26.8 Å². The Morgan fingerprint density at radius 3 is 2.57 bits per heavy atom. The molecule has 3 nitrogen and oxygen atoms in total. The number of methoxy groups -OCH3 is 1. The lowest BCUT2D eigenvalue weighted by atomic mass is 10.1. The lowest BCUT2D eigenvalue weighted by Crippen LogP contribution is -2.24. The molecular weight excluding hydrogens is 291 g/mol. The molecule has 124 valence electrons. The van der Waals surface area contributed by atoms with E-state index in [9.17, 15) is 4.39 Å². The summed E-state index contributed by atoms with van der Waals surface area (Å²) in [6.45, 7) is 5.67. The van der Waals surface area contributed by atoms with Crippen molar-refractivity contribution in [2.75, 3.05) is 31.7 Å². The van der Waals surface area contributed by atoms with Gasteiger partial charge in [-0.25, -0.2) is 4.39 Å². The van der Waals surface area contributed by atoms with Crippen LogP contribution in [0, 0.1) is 5.82 Å². The topological polar surface area (TPSA) is 24.5 Å². The largest absolute Gasteiger partial charge is 0.383 e. The van der Waals surface area contributed by atoms with Gasteiger partial charge in [-0.2, -0.15) is 0 Å². The van der Waals surface area contributed by atoms with E-state index in [4.69, 9.17) is 4.74 Å². The van der Waals surface area contributed by atoms with Gasteiger partial charge in [-0.1, -0.05) is 36.4 Å². The minimum atomic E-state index is -0.177. The molecule has 0 fully saturated rings. The summed E-state index contributed by atoms with van der Waals surface area (Å²) >= 11 is 0. The van der Waals surface area contributed by atoms with E-state index in [1.165, 1.54) is 5.56 Å². The molecule has 0 radical (unpaired) electrons. The zero-order valence-electron chi connectivity index (χ0n) is 13.9. The molecule has 23 heavy (non-hydrogen) atoms. The zero-order chi connectivity index (χ0) is 16.5. The Balaban J connectivity index is 2.09. The van der Waals surface area contributed by atoms with Crippen molar-refractivity contribution in [2.24, 2.45) is 0 Å². The SMILES string of the molecule is CCN(Cc1ccccc1)c1cc(CNCCOC)ccc1F. The molecule has 0 atom stereocenters. The maximum absolute atomic E-state index is 14.3. The smallest absolute Gasteiger partial charge is 0.146 e. The molecule has 2 aromatic carbocycles. The molecule has 0 aliphatic carbocycles. The molecule has 0 amide bonds. The van der Waals surface area contributed by atoms with Crippen molar-refractivity contribution >= 4 is 5.69 Å². The number of benzene rings is 2. The standard InChI is InChI=1S/C19H25FN2O/c1-3-22(15-16-7-5-4-6-8-16)19-13-17(9-10-18(19)20)14-21-11-12-23-2/h4-10,13,21H,3,11-12,14-15H2,1-2H3. The number of hydrogen-bond donors (Lipinski definition) is 1. The molecule has 2 aromatic rings. The highest BCUT2D eigenvalue weighted by molar-refractivity contribution is 5.50. The van der Waals surface area contributed by atoms with Crippen molar-refractivity contribution in [1.29, 1.82) is 0 Å². The van der Waals surface area contributed by atoms with E-state index < -0.39 is 0 Å². The summed E-state index contributed by atoms with van der Waals surface area (Å²) in [5, 5.41) is 3.29. The number of nitrogens with zero attached hydrogens (tertiary/aromatic N) is 1. The number of anilines is 1. The summed E-state index contributed by atoms with van der Waals surface area (Å²) in [7, 11) is 1.68. The Hall–Kier alpha value is -1.91. The second-order valence-electron chi connectivity index (χ2n) is 5.46.